The zero-order valence-electron chi connectivity index (χ0n) is 21.7. The lowest BCUT2D eigenvalue weighted by molar-refractivity contribution is 0.0952. The molecule has 0 aromatic heterocycles. The second kappa shape index (κ2) is 12.5. The van der Waals surface area contributed by atoms with Crippen molar-refractivity contribution in [1.29, 1.82) is 0 Å². The van der Waals surface area contributed by atoms with E-state index in [0.717, 1.165) is 18.2 Å². The predicted molar refractivity (Wildman–Crippen MR) is 149 cm³/mol. The summed E-state index contributed by atoms with van der Waals surface area (Å²) in [7, 11) is -1.38. The van der Waals surface area contributed by atoms with Gasteiger partial charge in [0.1, 0.15) is 28.0 Å². The molecule has 4 aromatic carbocycles. The van der Waals surface area contributed by atoms with E-state index in [9.17, 15) is 22.0 Å². The number of rotatable bonds is 11. The molecule has 208 valence electrons. The highest BCUT2D eigenvalue weighted by Gasteiger charge is 2.22. The number of hydrogen-bond acceptors (Lipinski definition) is 6. The fourth-order valence-corrected chi connectivity index (χ4v) is 5.23. The molecule has 8 nitrogen and oxygen atoms in total. The number of halogens is 2. The van der Waals surface area contributed by atoms with Gasteiger partial charge in [-0.05, 0) is 66.2 Å². The molecule has 0 saturated carbocycles. The van der Waals surface area contributed by atoms with Gasteiger partial charge in [0.25, 0.3) is 15.9 Å². The maximum absolute atomic E-state index is 14.4. The summed E-state index contributed by atoms with van der Waals surface area (Å²) < 4.78 is 67.7. The molecule has 1 amide bonds. The van der Waals surface area contributed by atoms with Crippen LogP contribution in [0.4, 0.5) is 20.2 Å². The molecule has 0 radical (unpaired) electrons. The van der Waals surface area contributed by atoms with E-state index in [2.05, 4.69) is 15.4 Å². The van der Waals surface area contributed by atoms with Crippen LogP contribution in [0, 0.1) is 11.6 Å². The third-order valence-corrected chi connectivity index (χ3v) is 7.30. The largest absolute Gasteiger partial charge is 0.496 e. The molecule has 40 heavy (non-hydrogen) atoms. The third-order valence-electron chi connectivity index (χ3n) is 5.90. The van der Waals surface area contributed by atoms with Crippen LogP contribution in [0.2, 0.25) is 0 Å². The van der Waals surface area contributed by atoms with E-state index in [1.54, 1.807) is 48.5 Å². The molecule has 0 saturated heterocycles. The van der Waals surface area contributed by atoms with E-state index in [1.165, 1.54) is 32.4 Å². The normalized spacial score (nSPS) is 11.0. The highest BCUT2D eigenvalue weighted by molar-refractivity contribution is 7.92. The number of carbonyl (C=O) groups is 1. The minimum Gasteiger partial charge on any atom is -0.496 e. The molecule has 0 unspecified atom stereocenters. The zero-order chi connectivity index (χ0) is 28.7. The monoisotopic (exact) mass is 567 g/mol. The molecule has 0 spiro atoms. The van der Waals surface area contributed by atoms with Gasteiger partial charge in [-0.1, -0.05) is 24.3 Å². The van der Waals surface area contributed by atoms with Crippen LogP contribution in [0.1, 0.15) is 10.4 Å². The minimum atomic E-state index is -4.19. The van der Waals surface area contributed by atoms with Gasteiger partial charge in [0.2, 0.25) is 0 Å². The van der Waals surface area contributed by atoms with Gasteiger partial charge in [0, 0.05) is 24.3 Å². The number of anilines is 2. The molecule has 0 heterocycles. The SMILES string of the molecule is COc1ccccc1C(=O)NCCNc1cccc(NS(=O)(=O)c2cc(-c3cc(F)ccc3F)ccc2OC)c1. The quantitative estimate of drug-likeness (QED) is 0.213. The van der Waals surface area contributed by atoms with Crippen LogP contribution < -0.4 is 24.8 Å². The van der Waals surface area contributed by atoms with Crippen LogP contribution >= 0.6 is 0 Å². The van der Waals surface area contributed by atoms with Crippen molar-refractivity contribution < 1.29 is 31.5 Å². The van der Waals surface area contributed by atoms with Crippen molar-refractivity contribution in [3.63, 3.8) is 0 Å². The average Bonchev–Trinajstić information content (AvgIpc) is 2.96. The third kappa shape index (κ3) is 6.67. The number of sulfonamides is 1. The first-order valence-electron chi connectivity index (χ1n) is 12.1. The topological polar surface area (TPSA) is 106 Å². The first kappa shape index (κ1) is 28.4. The van der Waals surface area contributed by atoms with Crippen molar-refractivity contribution in [3.05, 3.63) is 102 Å². The summed E-state index contributed by atoms with van der Waals surface area (Å²) >= 11 is 0. The molecule has 0 aliphatic heterocycles. The van der Waals surface area contributed by atoms with Gasteiger partial charge in [0.05, 0.1) is 25.5 Å². The maximum atomic E-state index is 14.4. The standard InChI is InChI=1S/C29H27F2N3O5S/c1-38-26-9-4-3-8-23(26)29(35)33-15-14-32-21-6-5-7-22(18-21)34-40(36,37)28-16-19(10-13-27(28)39-2)24-17-20(30)11-12-25(24)31/h3-13,16-18,32,34H,14-15H2,1-2H3,(H,33,35). The number of ether oxygens (including phenoxy) is 2. The van der Waals surface area contributed by atoms with Gasteiger partial charge in [-0.15, -0.1) is 0 Å². The van der Waals surface area contributed by atoms with Crippen molar-refractivity contribution in [2.75, 3.05) is 37.3 Å². The van der Waals surface area contributed by atoms with E-state index in [0.29, 0.717) is 30.1 Å². The van der Waals surface area contributed by atoms with Crippen molar-refractivity contribution >= 4 is 27.3 Å². The molecule has 3 N–H and O–H groups in total. The summed E-state index contributed by atoms with van der Waals surface area (Å²) in [5, 5.41) is 5.93. The number of hydrogen-bond donors (Lipinski definition) is 3. The lowest BCUT2D eigenvalue weighted by Gasteiger charge is -2.15. The van der Waals surface area contributed by atoms with Crippen molar-refractivity contribution in [3.8, 4) is 22.6 Å². The van der Waals surface area contributed by atoms with Gasteiger partial charge in [0.15, 0.2) is 0 Å². The van der Waals surface area contributed by atoms with Crippen molar-refractivity contribution in [2.24, 2.45) is 0 Å². The summed E-state index contributed by atoms with van der Waals surface area (Å²) in [5.41, 5.74) is 1.37. The molecular formula is C29H27F2N3O5S. The molecule has 11 heteroatoms. The van der Waals surface area contributed by atoms with E-state index in [1.807, 2.05) is 0 Å². The van der Waals surface area contributed by atoms with Crippen LogP contribution in [0.5, 0.6) is 11.5 Å². The second-order valence-corrected chi connectivity index (χ2v) is 10.2. The first-order valence-corrected chi connectivity index (χ1v) is 13.6. The smallest absolute Gasteiger partial charge is 0.265 e. The summed E-state index contributed by atoms with van der Waals surface area (Å²) in [6.07, 6.45) is 0. The van der Waals surface area contributed by atoms with Gasteiger partial charge in [-0.25, -0.2) is 17.2 Å². The van der Waals surface area contributed by atoms with E-state index < -0.39 is 21.7 Å². The Hall–Kier alpha value is -4.64. The van der Waals surface area contributed by atoms with Gasteiger partial charge >= 0.3 is 0 Å². The molecule has 0 aliphatic carbocycles. The van der Waals surface area contributed by atoms with Gasteiger partial charge in [-0.3, -0.25) is 9.52 Å². The van der Waals surface area contributed by atoms with E-state index in [-0.39, 0.29) is 33.4 Å². The van der Waals surface area contributed by atoms with Crippen molar-refractivity contribution in [1.82, 2.24) is 5.32 Å². The summed E-state index contributed by atoms with van der Waals surface area (Å²) in [4.78, 5) is 12.2. The molecular weight excluding hydrogens is 540 g/mol. The fourth-order valence-electron chi connectivity index (χ4n) is 3.99. The van der Waals surface area contributed by atoms with Crippen LogP contribution in [-0.2, 0) is 10.0 Å². The summed E-state index contributed by atoms with van der Waals surface area (Å²) in [6, 6.07) is 20.4. The Morgan fingerprint density at radius 1 is 0.800 bits per heavy atom. The number of nitrogens with one attached hydrogen (secondary N) is 3. The average molecular weight is 568 g/mol. The minimum absolute atomic E-state index is 0.0353. The number of amides is 1. The first-order chi connectivity index (χ1) is 19.2. The fraction of sp³-hybridized carbons (Fsp3) is 0.138. The highest BCUT2D eigenvalue weighted by Crippen LogP contribution is 2.33. The zero-order valence-corrected chi connectivity index (χ0v) is 22.5. The number of para-hydroxylation sites is 1. The number of benzene rings is 4. The Kier molecular flexibility index (Phi) is 8.85. The Labute approximate surface area is 231 Å². The van der Waals surface area contributed by atoms with Crippen LogP contribution in [0.25, 0.3) is 11.1 Å². The van der Waals surface area contributed by atoms with E-state index >= 15 is 0 Å². The highest BCUT2D eigenvalue weighted by atomic mass is 32.2. The predicted octanol–water partition coefficient (Wildman–Crippen LogP) is 5.29. The molecule has 0 bridgehead atoms. The number of methoxy groups -OCH3 is 2. The maximum Gasteiger partial charge on any atom is 0.265 e. The number of carbonyl (C=O) groups excluding carboxylic acids is 1. The van der Waals surface area contributed by atoms with Crippen LogP contribution in [0.3, 0.4) is 0 Å². The lowest BCUT2D eigenvalue weighted by atomic mass is 10.0. The molecule has 4 aromatic rings. The lowest BCUT2D eigenvalue weighted by Crippen LogP contribution is -2.29. The molecule has 0 atom stereocenters. The Morgan fingerprint density at radius 2 is 1.55 bits per heavy atom. The molecule has 4 rings (SSSR count). The molecule has 0 fully saturated rings. The summed E-state index contributed by atoms with van der Waals surface area (Å²) in [5.74, 6) is -1.13. The second-order valence-electron chi connectivity index (χ2n) is 8.56. The van der Waals surface area contributed by atoms with Crippen LogP contribution in [0.15, 0.2) is 89.8 Å². The van der Waals surface area contributed by atoms with Gasteiger partial charge in [-0.2, -0.15) is 0 Å². The summed E-state index contributed by atoms with van der Waals surface area (Å²) in [6.45, 7) is 0.666. The Bertz CT molecular complexity index is 1630. The van der Waals surface area contributed by atoms with Crippen LogP contribution in [-0.4, -0.2) is 41.6 Å². The van der Waals surface area contributed by atoms with Gasteiger partial charge < -0.3 is 20.1 Å². The Balaban J connectivity index is 1.45. The van der Waals surface area contributed by atoms with E-state index in [4.69, 9.17) is 9.47 Å². The molecule has 0 aliphatic rings. The van der Waals surface area contributed by atoms with Crippen molar-refractivity contribution in [2.45, 2.75) is 4.90 Å². The Morgan fingerprint density at radius 3 is 2.33 bits per heavy atom.